The van der Waals surface area contributed by atoms with Crippen molar-refractivity contribution >= 4 is 27.4 Å². The van der Waals surface area contributed by atoms with Gasteiger partial charge in [0.15, 0.2) is 5.82 Å². The molecule has 2 atom stereocenters. The summed E-state index contributed by atoms with van der Waals surface area (Å²) in [6, 6.07) is 1.14. The van der Waals surface area contributed by atoms with Crippen molar-refractivity contribution in [3.8, 4) is 0 Å². The summed E-state index contributed by atoms with van der Waals surface area (Å²) in [4.78, 5) is 3.92. The molecule has 1 aliphatic rings. The van der Waals surface area contributed by atoms with Crippen molar-refractivity contribution in [1.29, 1.82) is 0 Å². The first kappa shape index (κ1) is 15.5. The van der Waals surface area contributed by atoms with E-state index >= 15 is 0 Å². The first-order valence-corrected chi connectivity index (χ1v) is 7.91. The van der Waals surface area contributed by atoms with Crippen LogP contribution in [0.2, 0.25) is 5.02 Å². The summed E-state index contributed by atoms with van der Waals surface area (Å²) >= 11 is 5.92. The maximum atomic E-state index is 12.5. The van der Waals surface area contributed by atoms with Gasteiger partial charge in [-0.05, 0) is 19.4 Å². The lowest BCUT2D eigenvalue weighted by molar-refractivity contribution is 0.102. The molecular formula is C11H17ClN4O3S. The predicted molar refractivity (Wildman–Crippen MR) is 75.8 cm³/mol. The molecule has 2 unspecified atom stereocenters. The van der Waals surface area contributed by atoms with Gasteiger partial charge in [0.25, 0.3) is 0 Å². The van der Waals surface area contributed by atoms with Crippen LogP contribution < -0.4 is 11.3 Å². The van der Waals surface area contributed by atoms with Crippen molar-refractivity contribution in [3.05, 3.63) is 17.3 Å². The number of aromatic nitrogens is 1. The summed E-state index contributed by atoms with van der Waals surface area (Å²) in [5.74, 6) is 5.44. The molecule has 20 heavy (non-hydrogen) atoms. The van der Waals surface area contributed by atoms with Crippen LogP contribution in [-0.2, 0) is 14.8 Å². The average Bonchev–Trinajstić information content (AvgIpc) is 2.83. The summed E-state index contributed by atoms with van der Waals surface area (Å²) in [5.41, 5.74) is 2.29. The second-order valence-electron chi connectivity index (χ2n) is 4.60. The zero-order chi connectivity index (χ0) is 14.9. The lowest BCUT2D eigenvalue weighted by Gasteiger charge is -2.26. The summed E-state index contributed by atoms with van der Waals surface area (Å²) in [6.45, 7) is 2.41. The highest BCUT2D eigenvalue weighted by Crippen LogP contribution is 2.27. The van der Waals surface area contributed by atoms with Gasteiger partial charge >= 0.3 is 0 Å². The van der Waals surface area contributed by atoms with Crippen LogP contribution in [0.15, 0.2) is 17.2 Å². The van der Waals surface area contributed by atoms with E-state index < -0.39 is 10.0 Å². The topological polar surface area (TPSA) is 97.5 Å². The van der Waals surface area contributed by atoms with Gasteiger partial charge in [-0.2, -0.15) is 4.31 Å². The Labute approximate surface area is 123 Å². The van der Waals surface area contributed by atoms with Gasteiger partial charge < -0.3 is 10.2 Å². The van der Waals surface area contributed by atoms with Crippen LogP contribution in [0, 0.1) is 0 Å². The molecule has 2 rings (SSSR count). The van der Waals surface area contributed by atoms with E-state index in [0.717, 1.165) is 0 Å². The Kier molecular flexibility index (Phi) is 4.50. The fraction of sp³-hybridized carbons (Fsp3) is 0.545. The summed E-state index contributed by atoms with van der Waals surface area (Å²) in [7, 11) is -2.13. The molecule has 1 saturated heterocycles. The average molecular weight is 321 g/mol. The molecule has 1 aromatic rings. The van der Waals surface area contributed by atoms with E-state index in [1.54, 1.807) is 0 Å². The third kappa shape index (κ3) is 2.75. The number of hydrogen-bond acceptors (Lipinski definition) is 6. The predicted octanol–water partition coefficient (Wildman–Crippen LogP) is 0.819. The maximum absolute atomic E-state index is 12.5. The first-order valence-electron chi connectivity index (χ1n) is 6.09. The van der Waals surface area contributed by atoms with E-state index in [2.05, 4.69) is 10.4 Å². The number of halogens is 1. The number of nitrogen functional groups attached to an aromatic ring is 1. The summed E-state index contributed by atoms with van der Waals surface area (Å²) < 4.78 is 31.8. The van der Waals surface area contributed by atoms with Crippen molar-refractivity contribution < 1.29 is 13.2 Å². The molecule has 1 fully saturated rings. The second-order valence-corrected chi connectivity index (χ2v) is 7.00. The van der Waals surface area contributed by atoms with E-state index in [-0.39, 0.29) is 27.9 Å². The molecule has 0 saturated carbocycles. The molecule has 0 amide bonds. The van der Waals surface area contributed by atoms with Gasteiger partial charge in [0.05, 0.1) is 17.2 Å². The number of likely N-dealkylation sites (N-methyl/N-ethyl adjacent to an activating group) is 1. The molecule has 0 aliphatic carbocycles. The Morgan fingerprint density at radius 3 is 2.80 bits per heavy atom. The lowest BCUT2D eigenvalue weighted by Crippen LogP contribution is -2.40. The lowest BCUT2D eigenvalue weighted by atomic mass is 10.2. The Balaban J connectivity index is 2.32. The third-order valence-corrected chi connectivity index (χ3v) is 5.57. The van der Waals surface area contributed by atoms with Gasteiger partial charge in [-0.3, -0.25) is 0 Å². The molecule has 0 radical (unpaired) electrons. The van der Waals surface area contributed by atoms with E-state index in [0.29, 0.717) is 13.0 Å². The molecule has 112 valence electrons. The highest BCUT2D eigenvalue weighted by Gasteiger charge is 2.35. The monoisotopic (exact) mass is 320 g/mol. The van der Waals surface area contributed by atoms with Crippen molar-refractivity contribution in [1.82, 2.24) is 9.29 Å². The van der Waals surface area contributed by atoms with Crippen molar-refractivity contribution in [2.24, 2.45) is 5.84 Å². The van der Waals surface area contributed by atoms with E-state index in [1.807, 2.05) is 6.92 Å². The molecule has 1 aliphatic heterocycles. The highest BCUT2D eigenvalue weighted by molar-refractivity contribution is 7.89. The van der Waals surface area contributed by atoms with Gasteiger partial charge in [-0.1, -0.05) is 11.6 Å². The van der Waals surface area contributed by atoms with Gasteiger partial charge in [-0.25, -0.2) is 19.2 Å². The quantitative estimate of drug-likeness (QED) is 0.629. The van der Waals surface area contributed by atoms with Crippen LogP contribution in [0.25, 0.3) is 0 Å². The number of ether oxygens (including phenoxy) is 1. The normalized spacial score (nSPS) is 23.2. The summed E-state index contributed by atoms with van der Waals surface area (Å²) in [6.07, 6.45) is 1.76. The number of pyridine rings is 1. The van der Waals surface area contributed by atoms with Crippen LogP contribution in [0.5, 0.6) is 0 Å². The van der Waals surface area contributed by atoms with Gasteiger partial charge in [-0.15, -0.1) is 0 Å². The largest absolute Gasteiger partial charge is 0.377 e. The molecular weight excluding hydrogens is 304 g/mol. The minimum Gasteiger partial charge on any atom is -0.377 e. The minimum atomic E-state index is -3.67. The molecule has 3 N–H and O–H groups in total. The number of hydrazine groups is 1. The zero-order valence-corrected chi connectivity index (χ0v) is 12.8. The Hall–Kier alpha value is -0.930. The third-order valence-electron chi connectivity index (χ3n) is 3.43. The standard InChI is InChI=1S/C11H17ClN4O3S/c1-7-10(3-4-19-7)16(2)20(17,18)8-5-9(12)11(15-13)14-6-8/h5-7,10H,3-4,13H2,1-2H3,(H,14,15). The van der Waals surface area contributed by atoms with Crippen LogP contribution in [-0.4, -0.2) is 43.5 Å². The van der Waals surface area contributed by atoms with Crippen molar-refractivity contribution in [2.75, 3.05) is 19.1 Å². The zero-order valence-electron chi connectivity index (χ0n) is 11.2. The van der Waals surface area contributed by atoms with Crippen LogP contribution >= 0.6 is 11.6 Å². The Morgan fingerprint density at radius 1 is 1.60 bits per heavy atom. The van der Waals surface area contributed by atoms with E-state index in [1.165, 1.54) is 23.6 Å². The maximum Gasteiger partial charge on any atom is 0.244 e. The first-order chi connectivity index (χ1) is 9.37. The SMILES string of the molecule is CC1OCCC1N(C)S(=O)(=O)c1cnc(NN)c(Cl)c1. The number of nitrogens with two attached hydrogens (primary N) is 1. The number of hydrogen-bond donors (Lipinski definition) is 2. The molecule has 0 aromatic carbocycles. The molecule has 0 bridgehead atoms. The van der Waals surface area contributed by atoms with Crippen LogP contribution in [0.4, 0.5) is 5.82 Å². The smallest absolute Gasteiger partial charge is 0.244 e. The molecule has 0 spiro atoms. The van der Waals surface area contributed by atoms with Crippen molar-refractivity contribution in [3.63, 3.8) is 0 Å². The number of nitrogens with one attached hydrogen (secondary N) is 1. The minimum absolute atomic E-state index is 0.0306. The van der Waals surface area contributed by atoms with Gasteiger partial charge in [0.1, 0.15) is 4.90 Å². The number of anilines is 1. The van der Waals surface area contributed by atoms with Crippen molar-refractivity contribution in [2.45, 2.75) is 30.4 Å². The van der Waals surface area contributed by atoms with Gasteiger partial charge in [0, 0.05) is 19.9 Å². The number of nitrogens with zero attached hydrogens (tertiary/aromatic N) is 2. The Morgan fingerprint density at radius 2 is 2.30 bits per heavy atom. The van der Waals surface area contributed by atoms with Crippen LogP contribution in [0.3, 0.4) is 0 Å². The number of sulfonamides is 1. The Bertz CT molecular complexity index is 595. The molecule has 2 heterocycles. The molecule has 7 nitrogen and oxygen atoms in total. The summed E-state index contributed by atoms with van der Waals surface area (Å²) in [5, 5.41) is 0.151. The van der Waals surface area contributed by atoms with Gasteiger partial charge in [0.2, 0.25) is 10.0 Å². The van der Waals surface area contributed by atoms with E-state index in [9.17, 15) is 8.42 Å². The van der Waals surface area contributed by atoms with Crippen LogP contribution in [0.1, 0.15) is 13.3 Å². The molecule has 9 heteroatoms. The number of rotatable bonds is 4. The second kappa shape index (κ2) is 5.82. The fourth-order valence-electron chi connectivity index (χ4n) is 2.21. The fourth-order valence-corrected chi connectivity index (χ4v) is 3.91. The molecule has 1 aromatic heterocycles. The highest BCUT2D eigenvalue weighted by atomic mass is 35.5. The van der Waals surface area contributed by atoms with E-state index in [4.69, 9.17) is 22.2 Å².